The number of carbonyl (C=O) groups is 2. The summed E-state index contributed by atoms with van der Waals surface area (Å²) in [7, 11) is 1.95. The van der Waals surface area contributed by atoms with Gasteiger partial charge in [-0.05, 0) is 42.9 Å². The molecule has 1 heterocycles. The van der Waals surface area contributed by atoms with Crippen LogP contribution in [0.5, 0.6) is 0 Å². The molecule has 0 radical (unpaired) electrons. The molecule has 3 amide bonds. The van der Waals surface area contributed by atoms with Crippen molar-refractivity contribution < 1.29 is 9.59 Å². The summed E-state index contributed by atoms with van der Waals surface area (Å²) in [5, 5.41) is 3.02. The molecular weight excluding hydrogens is 326 g/mol. The second kappa shape index (κ2) is 7.39. The van der Waals surface area contributed by atoms with Crippen molar-refractivity contribution in [1.29, 1.82) is 0 Å². The molecule has 142 valence electrons. The van der Waals surface area contributed by atoms with Gasteiger partial charge < -0.3 is 5.32 Å². The molecule has 2 fully saturated rings. The predicted octanol–water partition coefficient (Wildman–Crippen LogP) is 3.70. The zero-order valence-electron chi connectivity index (χ0n) is 16.4. The molecule has 0 bridgehead atoms. The van der Waals surface area contributed by atoms with E-state index in [-0.39, 0.29) is 17.9 Å². The van der Waals surface area contributed by atoms with Gasteiger partial charge in [0, 0.05) is 6.54 Å². The molecule has 1 aliphatic carbocycles. The van der Waals surface area contributed by atoms with Crippen LogP contribution in [0.3, 0.4) is 0 Å². The normalized spacial score (nSPS) is 26.2. The van der Waals surface area contributed by atoms with Gasteiger partial charge in [0.1, 0.15) is 5.54 Å². The lowest BCUT2D eigenvalue weighted by Crippen LogP contribution is -2.54. The lowest BCUT2D eigenvalue weighted by atomic mass is 9.73. The molecular formula is C21H31N3O2. The standard InChI is InChI=1S/C21H31N3O2/c1-15(2)18-10-8-17(9-11-18)13-23(4)14-24-19(25)21(22-20(24)26)12-6-5-7-16(21)3/h8-11,15-16H,5-7,12-14H2,1-4H3,(H,22,26)/t16-,21-/m0/s1. The predicted molar refractivity (Wildman–Crippen MR) is 103 cm³/mol. The van der Waals surface area contributed by atoms with E-state index in [9.17, 15) is 9.59 Å². The summed E-state index contributed by atoms with van der Waals surface area (Å²) in [5.74, 6) is 0.671. The molecule has 0 aromatic heterocycles. The molecule has 5 heteroatoms. The average molecular weight is 357 g/mol. The topological polar surface area (TPSA) is 52.6 Å². The van der Waals surface area contributed by atoms with E-state index in [2.05, 4.69) is 50.4 Å². The Balaban J connectivity index is 1.64. The quantitative estimate of drug-likeness (QED) is 0.818. The molecule has 1 aromatic rings. The zero-order chi connectivity index (χ0) is 18.9. The molecule has 0 unspecified atom stereocenters. The first-order chi connectivity index (χ1) is 12.3. The number of carbonyl (C=O) groups excluding carboxylic acids is 2. The number of hydrogen-bond acceptors (Lipinski definition) is 3. The van der Waals surface area contributed by atoms with Crippen molar-refractivity contribution in [3.63, 3.8) is 0 Å². The monoisotopic (exact) mass is 357 g/mol. The third-order valence-electron chi connectivity index (χ3n) is 5.98. The fourth-order valence-electron chi connectivity index (χ4n) is 4.23. The first-order valence-corrected chi connectivity index (χ1v) is 9.75. The van der Waals surface area contributed by atoms with Crippen molar-refractivity contribution in [2.24, 2.45) is 5.92 Å². The van der Waals surface area contributed by atoms with Crippen LogP contribution in [0.15, 0.2) is 24.3 Å². The van der Waals surface area contributed by atoms with Crippen molar-refractivity contribution in [2.75, 3.05) is 13.7 Å². The number of rotatable bonds is 5. The van der Waals surface area contributed by atoms with E-state index >= 15 is 0 Å². The van der Waals surface area contributed by atoms with E-state index in [1.165, 1.54) is 16.0 Å². The number of amides is 3. The highest BCUT2D eigenvalue weighted by molar-refractivity contribution is 6.07. The minimum Gasteiger partial charge on any atom is -0.323 e. The van der Waals surface area contributed by atoms with E-state index in [4.69, 9.17) is 0 Å². The molecule has 1 N–H and O–H groups in total. The summed E-state index contributed by atoms with van der Waals surface area (Å²) >= 11 is 0. The van der Waals surface area contributed by atoms with Gasteiger partial charge >= 0.3 is 6.03 Å². The molecule has 5 nitrogen and oxygen atoms in total. The van der Waals surface area contributed by atoms with Crippen LogP contribution in [0.4, 0.5) is 4.79 Å². The van der Waals surface area contributed by atoms with Crippen molar-refractivity contribution in [3.05, 3.63) is 35.4 Å². The number of nitrogens with one attached hydrogen (secondary N) is 1. The Labute approximate surface area is 156 Å². The van der Waals surface area contributed by atoms with Crippen molar-refractivity contribution in [3.8, 4) is 0 Å². The molecule has 3 rings (SSSR count). The lowest BCUT2D eigenvalue weighted by Gasteiger charge is -2.37. The molecule has 1 saturated carbocycles. The second-order valence-corrected chi connectivity index (χ2v) is 8.33. The molecule has 1 aromatic carbocycles. The van der Waals surface area contributed by atoms with E-state index < -0.39 is 5.54 Å². The van der Waals surface area contributed by atoms with E-state index in [1.807, 2.05) is 11.9 Å². The number of imide groups is 1. The van der Waals surface area contributed by atoms with Crippen LogP contribution in [0, 0.1) is 5.92 Å². The highest BCUT2D eigenvalue weighted by Crippen LogP contribution is 2.38. The van der Waals surface area contributed by atoms with Gasteiger partial charge in [-0.15, -0.1) is 0 Å². The second-order valence-electron chi connectivity index (χ2n) is 8.33. The highest BCUT2D eigenvalue weighted by atomic mass is 16.2. The van der Waals surface area contributed by atoms with Crippen molar-refractivity contribution >= 4 is 11.9 Å². The van der Waals surface area contributed by atoms with Gasteiger partial charge in [0.15, 0.2) is 0 Å². The van der Waals surface area contributed by atoms with Gasteiger partial charge in [-0.2, -0.15) is 0 Å². The maximum Gasteiger partial charge on any atom is 0.326 e. The number of hydrogen-bond donors (Lipinski definition) is 1. The Bertz CT molecular complexity index is 670. The summed E-state index contributed by atoms with van der Waals surface area (Å²) in [5.41, 5.74) is 1.83. The molecule has 1 aliphatic heterocycles. The first kappa shape index (κ1) is 18.9. The maximum absolute atomic E-state index is 13.0. The fraction of sp³-hybridized carbons (Fsp3) is 0.619. The maximum atomic E-state index is 13.0. The largest absolute Gasteiger partial charge is 0.326 e. The van der Waals surface area contributed by atoms with Crippen LogP contribution in [0.2, 0.25) is 0 Å². The van der Waals surface area contributed by atoms with E-state index in [1.54, 1.807) is 0 Å². The Hall–Kier alpha value is -1.88. The summed E-state index contributed by atoms with van der Waals surface area (Å²) < 4.78 is 0. The van der Waals surface area contributed by atoms with Gasteiger partial charge in [-0.25, -0.2) is 9.69 Å². The number of urea groups is 1. The number of benzene rings is 1. The molecule has 2 atom stereocenters. The van der Waals surface area contributed by atoms with Gasteiger partial charge in [-0.3, -0.25) is 9.69 Å². The van der Waals surface area contributed by atoms with Gasteiger partial charge in [-0.1, -0.05) is 57.9 Å². The molecule has 1 spiro atoms. The van der Waals surface area contributed by atoms with Crippen LogP contribution < -0.4 is 5.32 Å². The van der Waals surface area contributed by atoms with Crippen LogP contribution in [-0.4, -0.2) is 41.0 Å². The minimum atomic E-state index is -0.672. The number of nitrogens with zero attached hydrogens (tertiary/aromatic N) is 2. The SMILES string of the molecule is CC(C)c1ccc(CN(C)CN2C(=O)N[C@]3(CCCC[C@@H]3C)C2=O)cc1. The highest BCUT2D eigenvalue weighted by Gasteiger charge is 2.54. The smallest absolute Gasteiger partial charge is 0.323 e. The average Bonchev–Trinajstić information content (AvgIpc) is 2.83. The van der Waals surface area contributed by atoms with Crippen molar-refractivity contribution in [2.45, 2.75) is 64.5 Å². The van der Waals surface area contributed by atoms with E-state index in [0.29, 0.717) is 19.1 Å². The Morgan fingerprint density at radius 1 is 1.23 bits per heavy atom. The lowest BCUT2D eigenvalue weighted by molar-refractivity contribution is -0.135. The summed E-state index contributed by atoms with van der Waals surface area (Å²) in [4.78, 5) is 28.9. The fourth-order valence-corrected chi connectivity index (χ4v) is 4.23. The van der Waals surface area contributed by atoms with Gasteiger partial charge in [0.05, 0.1) is 6.67 Å². The molecule has 1 saturated heterocycles. The van der Waals surface area contributed by atoms with Crippen LogP contribution in [-0.2, 0) is 11.3 Å². The van der Waals surface area contributed by atoms with Gasteiger partial charge in [0.2, 0.25) is 0 Å². The summed E-state index contributed by atoms with van der Waals surface area (Å²) in [6.45, 7) is 7.48. The van der Waals surface area contributed by atoms with Crippen LogP contribution in [0.1, 0.15) is 63.5 Å². The summed E-state index contributed by atoms with van der Waals surface area (Å²) in [6, 6.07) is 8.32. The summed E-state index contributed by atoms with van der Waals surface area (Å²) in [6.07, 6.45) is 3.90. The van der Waals surface area contributed by atoms with Gasteiger partial charge in [0.25, 0.3) is 5.91 Å². The van der Waals surface area contributed by atoms with E-state index in [0.717, 1.165) is 25.7 Å². The third kappa shape index (κ3) is 3.50. The Morgan fingerprint density at radius 2 is 1.92 bits per heavy atom. The van der Waals surface area contributed by atoms with Crippen molar-refractivity contribution in [1.82, 2.24) is 15.1 Å². The molecule has 2 aliphatic rings. The van der Waals surface area contributed by atoms with Crippen LogP contribution in [0.25, 0.3) is 0 Å². The first-order valence-electron chi connectivity index (χ1n) is 9.75. The third-order valence-corrected chi connectivity index (χ3v) is 5.98. The Kier molecular flexibility index (Phi) is 5.37. The molecule has 26 heavy (non-hydrogen) atoms. The minimum absolute atomic E-state index is 0.0447. The Morgan fingerprint density at radius 3 is 2.54 bits per heavy atom. The zero-order valence-corrected chi connectivity index (χ0v) is 16.4. The van der Waals surface area contributed by atoms with Crippen LogP contribution >= 0.6 is 0 Å².